The van der Waals surface area contributed by atoms with Gasteiger partial charge in [0.05, 0.1) is 19.8 Å². The van der Waals surface area contributed by atoms with Crippen molar-refractivity contribution in [3.63, 3.8) is 0 Å². The van der Waals surface area contributed by atoms with Crippen LogP contribution < -0.4 is 9.47 Å². The van der Waals surface area contributed by atoms with Crippen molar-refractivity contribution < 1.29 is 28.5 Å². The average molecular weight is 485 g/mol. The Morgan fingerprint density at radius 3 is 2.51 bits per heavy atom. The lowest BCUT2D eigenvalue weighted by Crippen LogP contribution is -2.46. The third kappa shape index (κ3) is 7.11. The fraction of sp³-hybridized carbons (Fsp3) is 0.481. The van der Waals surface area contributed by atoms with Crippen molar-refractivity contribution >= 4 is 12.0 Å². The maximum Gasteiger partial charge on any atom is 0.410 e. The molecule has 0 spiro atoms. The van der Waals surface area contributed by atoms with Crippen LogP contribution in [0.2, 0.25) is 0 Å². The van der Waals surface area contributed by atoms with E-state index >= 15 is 0 Å². The Hall–Kier alpha value is -3.26. The molecule has 1 aliphatic rings. The van der Waals surface area contributed by atoms with Gasteiger partial charge in [0.25, 0.3) is 5.91 Å². The van der Waals surface area contributed by atoms with Gasteiger partial charge in [0.2, 0.25) is 0 Å². The van der Waals surface area contributed by atoms with Crippen LogP contribution in [-0.2, 0) is 16.1 Å². The number of nitrogens with zero attached hydrogens (tertiary/aromatic N) is 2. The molecule has 0 aliphatic carbocycles. The van der Waals surface area contributed by atoms with Crippen LogP contribution in [0.15, 0.2) is 48.5 Å². The minimum absolute atomic E-state index is 0.0408. The summed E-state index contributed by atoms with van der Waals surface area (Å²) in [6.45, 7) is 6.23. The van der Waals surface area contributed by atoms with E-state index in [1.807, 2.05) is 49.1 Å². The Morgan fingerprint density at radius 1 is 1.06 bits per heavy atom. The van der Waals surface area contributed by atoms with Crippen molar-refractivity contribution in [2.24, 2.45) is 0 Å². The van der Waals surface area contributed by atoms with E-state index in [4.69, 9.17) is 18.9 Å². The molecule has 35 heavy (non-hydrogen) atoms. The molecule has 1 atom stereocenters. The second-order valence-corrected chi connectivity index (χ2v) is 8.80. The van der Waals surface area contributed by atoms with Gasteiger partial charge in [-0.15, -0.1) is 0 Å². The molecule has 3 rings (SSSR count). The molecule has 1 saturated heterocycles. The number of ether oxygens (including phenoxy) is 4. The van der Waals surface area contributed by atoms with Gasteiger partial charge in [0.15, 0.2) is 11.5 Å². The van der Waals surface area contributed by atoms with E-state index in [1.165, 1.54) is 0 Å². The molecule has 8 heteroatoms. The number of rotatable bonds is 11. The highest BCUT2D eigenvalue weighted by molar-refractivity contribution is 5.95. The van der Waals surface area contributed by atoms with Gasteiger partial charge in [0, 0.05) is 44.8 Å². The number of likely N-dealkylation sites (tertiary alicyclic amines) is 1. The topological polar surface area (TPSA) is 77.5 Å². The predicted molar refractivity (Wildman–Crippen MR) is 133 cm³/mol. The van der Waals surface area contributed by atoms with Crippen LogP contribution in [0.3, 0.4) is 0 Å². The molecule has 1 fully saturated rings. The molecule has 0 N–H and O–H groups in total. The zero-order chi connectivity index (χ0) is 25.2. The van der Waals surface area contributed by atoms with Gasteiger partial charge in [-0.05, 0) is 44.0 Å². The molecule has 190 valence electrons. The van der Waals surface area contributed by atoms with Gasteiger partial charge in [-0.25, -0.2) is 4.79 Å². The molecule has 2 aromatic carbocycles. The number of methoxy groups -OCH3 is 2. The lowest BCUT2D eigenvalue weighted by molar-refractivity contribution is 0.0600. The number of hydrogen-bond donors (Lipinski definition) is 0. The fourth-order valence-electron chi connectivity index (χ4n) is 4.22. The van der Waals surface area contributed by atoms with Crippen LogP contribution in [0, 0.1) is 0 Å². The minimum Gasteiger partial charge on any atom is -0.493 e. The summed E-state index contributed by atoms with van der Waals surface area (Å²) in [6, 6.07) is 14.7. The van der Waals surface area contributed by atoms with Crippen LogP contribution in [-0.4, -0.2) is 74.4 Å². The zero-order valence-electron chi connectivity index (χ0n) is 21.1. The Labute approximate surface area is 207 Å². The summed E-state index contributed by atoms with van der Waals surface area (Å²) < 4.78 is 21.8. The van der Waals surface area contributed by atoms with Crippen molar-refractivity contribution in [1.29, 1.82) is 0 Å². The standard InChI is InChI=1S/C27H36N2O6/c1-20(2)29(23-13-14-28(18-23)27(31)35-19-21-9-6-5-7-10-21)26(30)22-11-12-24(33-4)25(17-22)34-16-8-15-32-3/h5-7,9-12,17,20,23H,8,13-16,18-19H2,1-4H3. The number of carbonyl (C=O) groups is 2. The van der Waals surface area contributed by atoms with Gasteiger partial charge in [-0.2, -0.15) is 0 Å². The summed E-state index contributed by atoms with van der Waals surface area (Å²) in [5.74, 6) is 0.993. The number of benzene rings is 2. The SMILES string of the molecule is COCCCOc1cc(C(=O)N(C(C)C)C2CCN(C(=O)OCc3ccccc3)C2)ccc1OC. The minimum atomic E-state index is -0.358. The average Bonchev–Trinajstić information content (AvgIpc) is 3.35. The van der Waals surface area contributed by atoms with E-state index in [0.29, 0.717) is 49.8 Å². The van der Waals surface area contributed by atoms with Crippen LogP contribution in [0.5, 0.6) is 11.5 Å². The lowest BCUT2D eigenvalue weighted by Gasteiger charge is -2.33. The molecular formula is C27H36N2O6. The summed E-state index contributed by atoms with van der Waals surface area (Å²) in [6.07, 6.45) is 1.07. The summed E-state index contributed by atoms with van der Waals surface area (Å²) in [7, 11) is 3.22. The Morgan fingerprint density at radius 2 is 1.83 bits per heavy atom. The zero-order valence-corrected chi connectivity index (χ0v) is 21.1. The van der Waals surface area contributed by atoms with Crippen LogP contribution in [0.1, 0.15) is 42.6 Å². The van der Waals surface area contributed by atoms with Gasteiger partial charge >= 0.3 is 6.09 Å². The summed E-state index contributed by atoms with van der Waals surface area (Å²) in [4.78, 5) is 29.7. The molecule has 1 aliphatic heterocycles. The van der Waals surface area contributed by atoms with Gasteiger partial charge in [0.1, 0.15) is 6.61 Å². The molecule has 1 unspecified atom stereocenters. The number of amides is 2. The highest BCUT2D eigenvalue weighted by Gasteiger charge is 2.35. The van der Waals surface area contributed by atoms with E-state index in [1.54, 1.807) is 37.3 Å². The largest absolute Gasteiger partial charge is 0.493 e. The first-order valence-corrected chi connectivity index (χ1v) is 12.0. The van der Waals surface area contributed by atoms with E-state index < -0.39 is 0 Å². The van der Waals surface area contributed by atoms with E-state index in [9.17, 15) is 9.59 Å². The maximum absolute atomic E-state index is 13.6. The summed E-state index contributed by atoms with van der Waals surface area (Å²) in [5.41, 5.74) is 1.46. The first-order valence-electron chi connectivity index (χ1n) is 12.0. The highest BCUT2D eigenvalue weighted by atomic mass is 16.6. The van der Waals surface area contributed by atoms with E-state index in [0.717, 1.165) is 12.0 Å². The van der Waals surface area contributed by atoms with Crippen LogP contribution in [0.25, 0.3) is 0 Å². The van der Waals surface area contributed by atoms with Crippen LogP contribution in [0.4, 0.5) is 4.79 Å². The molecule has 1 heterocycles. The third-order valence-electron chi connectivity index (χ3n) is 5.97. The normalized spacial score (nSPS) is 15.2. The molecule has 0 bridgehead atoms. The quantitative estimate of drug-likeness (QED) is 0.441. The predicted octanol–water partition coefficient (Wildman–Crippen LogP) is 4.37. The number of hydrogen-bond acceptors (Lipinski definition) is 6. The van der Waals surface area contributed by atoms with Crippen molar-refractivity contribution in [3.8, 4) is 11.5 Å². The lowest BCUT2D eigenvalue weighted by atomic mass is 10.1. The molecule has 2 amide bonds. The van der Waals surface area contributed by atoms with Gasteiger partial charge < -0.3 is 28.7 Å². The molecule has 0 saturated carbocycles. The smallest absolute Gasteiger partial charge is 0.410 e. The Bertz CT molecular complexity index is 965. The Kier molecular flexibility index (Phi) is 9.78. The van der Waals surface area contributed by atoms with Crippen LogP contribution >= 0.6 is 0 Å². The molecule has 2 aromatic rings. The van der Waals surface area contributed by atoms with Crippen molar-refractivity contribution in [1.82, 2.24) is 9.80 Å². The van der Waals surface area contributed by atoms with Gasteiger partial charge in [-0.3, -0.25) is 4.79 Å². The Balaban J connectivity index is 1.65. The first-order chi connectivity index (χ1) is 16.9. The van der Waals surface area contributed by atoms with E-state index in [2.05, 4.69) is 0 Å². The monoisotopic (exact) mass is 484 g/mol. The summed E-state index contributed by atoms with van der Waals surface area (Å²) in [5, 5.41) is 0. The van der Waals surface area contributed by atoms with Crippen molar-refractivity contribution in [3.05, 3.63) is 59.7 Å². The molecular weight excluding hydrogens is 448 g/mol. The van der Waals surface area contributed by atoms with Crippen molar-refractivity contribution in [2.45, 2.75) is 45.4 Å². The second-order valence-electron chi connectivity index (χ2n) is 8.80. The first kappa shape index (κ1) is 26.3. The second kappa shape index (κ2) is 13.0. The highest BCUT2D eigenvalue weighted by Crippen LogP contribution is 2.30. The maximum atomic E-state index is 13.6. The van der Waals surface area contributed by atoms with E-state index in [-0.39, 0.29) is 30.7 Å². The van der Waals surface area contributed by atoms with Gasteiger partial charge in [-0.1, -0.05) is 30.3 Å². The molecule has 8 nitrogen and oxygen atoms in total. The molecule has 0 aromatic heterocycles. The van der Waals surface area contributed by atoms with Crippen molar-refractivity contribution in [2.75, 3.05) is 40.5 Å². The fourth-order valence-corrected chi connectivity index (χ4v) is 4.22. The summed E-state index contributed by atoms with van der Waals surface area (Å²) >= 11 is 0. The molecule has 0 radical (unpaired) electrons. The number of carbonyl (C=O) groups excluding carboxylic acids is 2. The third-order valence-corrected chi connectivity index (χ3v) is 5.97.